The lowest BCUT2D eigenvalue weighted by Gasteiger charge is -2.11. The van der Waals surface area contributed by atoms with Crippen molar-refractivity contribution in [3.05, 3.63) is 41.6 Å². The van der Waals surface area contributed by atoms with E-state index in [4.69, 9.17) is 4.74 Å². The number of aryl methyl sites for hydroxylation is 1. The minimum absolute atomic E-state index is 0.111. The number of pyridine rings is 1. The first-order valence-corrected chi connectivity index (χ1v) is 5.80. The summed E-state index contributed by atoms with van der Waals surface area (Å²) in [6.45, 7) is 1.45. The Hall–Kier alpha value is -1.90. The fourth-order valence-electron chi connectivity index (χ4n) is 2.40. The van der Waals surface area contributed by atoms with E-state index in [1.807, 2.05) is 24.3 Å². The Labute approximate surface area is 99.4 Å². The van der Waals surface area contributed by atoms with E-state index in [0.717, 1.165) is 35.0 Å². The normalized spacial score (nSPS) is 18.1. The Kier molecular flexibility index (Phi) is 2.32. The number of hydrogen-bond acceptors (Lipinski definition) is 3. The van der Waals surface area contributed by atoms with Crippen LogP contribution in [0.4, 0.5) is 0 Å². The predicted molar refractivity (Wildman–Crippen MR) is 64.6 cm³/mol. The summed E-state index contributed by atoms with van der Waals surface area (Å²) in [5, 5.41) is 1.10. The minimum Gasteiger partial charge on any atom is -0.458 e. The first kappa shape index (κ1) is 10.3. The van der Waals surface area contributed by atoms with E-state index in [-0.39, 0.29) is 12.1 Å². The number of para-hydroxylation sites is 1. The molecule has 3 heteroatoms. The highest BCUT2D eigenvalue weighted by Gasteiger charge is 2.26. The third kappa shape index (κ3) is 1.78. The number of nitrogens with zero attached hydrogens (tertiary/aromatic N) is 1. The topological polar surface area (TPSA) is 39.2 Å². The highest BCUT2D eigenvalue weighted by molar-refractivity contribution is 5.80. The standard InChI is InChI=1S/C14H13NO2/c1-9(16)17-14-7-6-13-11(14)8-10-4-2-3-5-12(10)15-13/h2-5,8,14H,6-7H2,1H3. The van der Waals surface area contributed by atoms with Crippen LogP contribution < -0.4 is 0 Å². The molecule has 0 radical (unpaired) electrons. The molecule has 0 N–H and O–H groups in total. The lowest BCUT2D eigenvalue weighted by molar-refractivity contribution is -0.146. The van der Waals surface area contributed by atoms with Gasteiger partial charge in [0.15, 0.2) is 0 Å². The monoisotopic (exact) mass is 227 g/mol. The fourth-order valence-corrected chi connectivity index (χ4v) is 2.40. The van der Waals surface area contributed by atoms with Crippen LogP contribution >= 0.6 is 0 Å². The van der Waals surface area contributed by atoms with Crippen LogP contribution in [-0.2, 0) is 16.0 Å². The van der Waals surface area contributed by atoms with Crippen LogP contribution in [0.15, 0.2) is 30.3 Å². The summed E-state index contributed by atoms with van der Waals surface area (Å²) < 4.78 is 5.31. The van der Waals surface area contributed by atoms with Crippen LogP contribution in [0.5, 0.6) is 0 Å². The molecule has 3 rings (SSSR count). The molecule has 0 aliphatic heterocycles. The number of rotatable bonds is 1. The zero-order valence-electron chi connectivity index (χ0n) is 9.64. The average molecular weight is 227 g/mol. The maximum atomic E-state index is 11.0. The Morgan fingerprint density at radius 2 is 2.24 bits per heavy atom. The summed E-state index contributed by atoms with van der Waals surface area (Å²) in [7, 11) is 0. The van der Waals surface area contributed by atoms with Gasteiger partial charge in [0.05, 0.1) is 5.52 Å². The second-order valence-corrected chi connectivity index (χ2v) is 4.35. The molecule has 1 aromatic heterocycles. The highest BCUT2D eigenvalue weighted by atomic mass is 16.5. The van der Waals surface area contributed by atoms with Crippen LogP contribution in [0.25, 0.3) is 10.9 Å². The number of carbonyl (C=O) groups excluding carboxylic acids is 1. The van der Waals surface area contributed by atoms with Gasteiger partial charge in [0.2, 0.25) is 0 Å². The van der Waals surface area contributed by atoms with Crippen LogP contribution in [0.3, 0.4) is 0 Å². The van der Waals surface area contributed by atoms with Crippen LogP contribution in [0, 0.1) is 0 Å². The first-order valence-electron chi connectivity index (χ1n) is 5.80. The van der Waals surface area contributed by atoms with Crippen molar-refractivity contribution in [2.24, 2.45) is 0 Å². The highest BCUT2D eigenvalue weighted by Crippen LogP contribution is 2.34. The number of carbonyl (C=O) groups is 1. The molecule has 3 nitrogen and oxygen atoms in total. The summed E-state index contributed by atoms with van der Waals surface area (Å²) in [6.07, 6.45) is 1.62. The molecule has 0 spiro atoms. The lowest BCUT2D eigenvalue weighted by atomic mass is 10.1. The zero-order chi connectivity index (χ0) is 11.8. The fraction of sp³-hybridized carbons (Fsp3) is 0.286. The number of aromatic nitrogens is 1. The Morgan fingerprint density at radius 3 is 3.06 bits per heavy atom. The Bertz CT molecular complexity index is 592. The smallest absolute Gasteiger partial charge is 0.303 e. The van der Waals surface area contributed by atoms with E-state index in [1.165, 1.54) is 6.92 Å². The number of benzene rings is 1. The van der Waals surface area contributed by atoms with E-state index in [0.29, 0.717) is 0 Å². The van der Waals surface area contributed by atoms with Crippen molar-refractivity contribution >= 4 is 16.9 Å². The van der Waals surface area contributed by atoms with Gasteiger partial charge < -0.3 is 4.74 Å². The Balaban J connectivity index is 2.08. The van der Waals surface area contributed by atoms with Gasteiger partial charge in [-0.1, -0.05) is 18.2 Å². The largest absolute Gasteiger partial charge is 0.458 e. The summed E-state index contributed by atoms with van der Waals surface area (Å²) in [5.41, 5.74) is 3.14. The quantitative estimate of drug-likeness (QED) is 0.703. The molecule has 1 aliphatic rings. The summed E-state index contributed by atoms with van der Waals surface area (Å²) >= 11 is 0. The minimum atomic E-state index is -0.226. The molecule has 1 aromatic carbocycles. The third-order valence-corrected chi connectivity index (χ3v) is 3.13. The number of ether oxygens (including phenoxy) is 1. The van der Waals surface area contributed by atoms with Gasteiger partial charge in [0, 0.05) is 23.6 Å². The molecule has 1 heterocycles. The summed E-state index contributed by atoms with van der Waals surface area (Å²) in [5.74, 6) is -0.226. The third-order valence-electron chi connectivity index (χ3n) is 3.13. The summed E-state index contributed by atoms with van der Waals surface area (Å²) in [6, 6.07) is 10.1. The van der Waals surface area contributed by atoms with Crippen LogP contribution in [0.2, 0.25) is 0 Å². The molecule has 2 aromatic rings. The van der Waals surface area contributed by atoms with Gasteiger partial charge in [-0.2, -0.15) is 0 Å². The van der Waals surface area contributed by atoms with Crippen molar-refractivity contribution in [3.8, 4) is 0 Å². The molecule has 0 amide bonds. The van der Waals surface area contributed by atoms with Gasteiger partial charge in [-0.3, -0.25) is 9.78 Å². The van der Waals surface area contributed by atoms with Crippen molar-refractivity contribution < 1.29 is 9.53 Å². The second-order valence-electron chi connectivity index (χ2n) is 4.35. The maximum Gasteiger partial charge on any atom is 0.303 e. The maximum absolute atomic E-state index is 11.0. The first-order chi connectivity index (χ1) is 8.24. The molecule has 1 unspecified atom stereocenters. The molecule has 1 atom stereocenters. The lowest BCUT2D eigenvalue weighted by Crippen LogP contribution is -2.05. The number of fused-ring (bicyclic) bond motifs is 2. The molecular weight excluding hydrogens is 214 g/mol. The molecule has 0 fully saturated rings. The number of hydrogen-bond donors (Lipinski definition) is 0. The predicted octanol–water partition coefficient (Wildman–Crippen LogP) is 2.79. The Morgan fingerprint density at radius 1 is 1.41 bits per heavy atom. The van der Waals surface area contributed by atoms with Crippen LogP contribution in [0.1, 0.15) is 30.7 Å². The van der Waals surface area contributed by atoms with E-state index < -0.39 is 0 Å². The number of esters is 1. The van der Waals surface area contributed by atoms with Crippen LogP contribution in [-0.4, -0.2) is 11.0 Å². The second kappa shape index (κ2) is 3.84. The van der Waals surface area contributed by atoms with Gasteiger partial charge in [-0.25, -0.2) is 0 Å². The molecule has 0 saturated heterocycles. The molecule has 0 saturated carbocycles. The van der Waals surface area contributed by atoms with Crippen molar-refractivity contribution in [1.82, 2.24) is 4.98 Å². The SMILES string of the molecule is CC(=O)OC1CCc2nc3ccccc3cc21. The molecule has 86 valence electrons. The van der Waals surface area contributed by atoms with Crippen molar-refractivity contribution in [3.63, 3.8) is 0 Å². The van der Waals surface area contributed by atoms with Gasteiger partial charge in [-0.05, 0) is 25.0 Å². The van der Waals surface area contributed by atoms with Gasteiger partial charge >= 0.3 is 5.97 Å². The van der Waals surface area contributed by atoms with Crippen molar-refractivity contribution in [1.29, 1.82) is 0 Å². The van der Waals surface area contributed by atoms with Crippen molar-refractivity contribution in [2.75, 3.05) is 0 Å². The molecular formula is C14H13NO2. The molecule has 1 aliphatic carbocycles. The average Bonchev–Trinajstić information content (AvgIpc) is 2.68. The van der Waals surface area contributed by atoms with Gasteiger partial charge in [0.25, 0.3) is 0 Å². The van der Waals surface area contributed by atoms with Gasteiger partial charge in [0.1, 0.15) is 6.10 Å². The molecule has 0 bridgehead atoms. The summed E-state index contributed by atoms with van der Waals surface area (Å²) in [4.78, 5) is 15.7. The zero-order valence-corrected chi connectivity index (χ0v) is 9.64. The van der Waals surface area contributed by atoms with E-state index >= 15 is 0 Å². The van der Waals surface area contributed by atoms with Gasteiger partial charge in [-0.15, -0.1) is 0 Å². The molecule has 17 heavy (non-hydrogen) atoms. The van der Waals surface area contributed by atoms with E-state index in [2.05, 4.69) is 11.1 Å². The van der Waals surface area contributed by atoms with E-state index in [1.54, 1.807) is 0 Å². The van der Waals surface area contributed by atoms with E-state index in [9.17, 15) is 4.79 Å². The van der Waals surface area contributed by atoms with Crippen molar-refractivity contribution in [2.45, 2.75) is 25.9 Å².